The van der Waals surface area contributed by atoms with Crippen LogP contribution in [-0.2, 0) is 19.1 Å². The van der Waals surface area contributed by atoms with Crippen molar-refractivity contribution in [2.75, 3.05) is 14.2 Å². The summed E-state index contributed by atoms with van der Waals surface area (Å²) in [6.07, 6.45) is 2.15. The van der Waals surface area contributed by atoms with Crippen LogP contribution >= 0.6 is 0 Å². The molecule has 1 atom stereocenters. The molecule has 0 bridgehead atoms. The Morgan fingerprint density at radius 1 is 1.29 bits per heavy atom. The molecule has 1 unspecified atom stereocenters. The van der Waals surface area contributed by atoms with Crippen LogP contribution in [0.3, 0.4) is 0 Å². The topological polar surface area (TPSA) is 52.6 Å². The van der Waals surface area contributed by atoms with Crippen molar-refractivity contribution in [3.63, 3.8) is 0 Å². The molecule has 0 saturated carbocycles. The Morgan fingerprint density at radius 3 is 2.29 bits per heavy atom. The highest BCUT2D eigenvalue weighted by molar-refractivity contribution is 5.87. The summed E-state index contributed by atoms with van der Waals surface area (Å²) >= 11 is 0. The first kappa shape index (κ1) is 12.7. The van der Waals surface area contributed by atoms with Gasteiger partial charge in [-0.05, 0) is 13.3 Å². The normalized spacial score (nSPS) is 13.3. The van der Waals surface area contributed by atoms with Gasteiger partial charge in [-0.3, -0.25) is 4.79 Å². The zero-order chi connectivity index (χ0) is 11.1. The maximum absolute atomic E-state index is 11.0. The lowest BCUT2D eigenvalue weighted by molar-refractivity contribution is -0.144. The molecule has 0 fully saturated rings. The van der Waals surface area contributed by atoms with E-state index < -0.39 is 0 Å². The van der Waals surface area contributed by atoms with Gasteiger partial charge < -0.3 is 9.47 Å². The van der Waals surface area contributed by atoms with Gasteiger partial charge in [0.05, 0.1) is 20.1 Å². The number of hydrogen-bond acceptors (Lipinski definition) is 4. The Kier molecular flexibility index (Phi) is 5.60. The van der Waals surface area contributed by atoms with Gasteiger partial charge in [0, 0.05) is 5.57 Å². The first-order valence-electron chi connectivity index (χ1n) is 4.35. The molecule has 0 rings (SSSR count). The molecule has 0 spiro atoms. The zero-order valence-electron chi connectivity index (χ0n) is 8.99. The van der Waals surface area contributed by atoms with E-state index >= 15 is 0 Å². The minimum Gasteiger partial charge on any atom is -0.469 e. The van der Waals surface area contributed by atoms with Gasteiger partial charge in [0.25, 0.3) is 0 Å². The van der Waals surface area contributed by atoms with Gasteiger partial charge in [0.15, 0.2) is 0 Å². The molecule has 0 N–H and O–H groups in total. The van der Waals surface area contributed by atoms with Crippen LogP contribution in [0.25, 0.3) is 0 Å². The van der Waals surface area contributed by atoms with Crippen molar-refractivity contribution >= 4 is 11.9 Å². The molecule has 0 aliphatic heterocycles. The standard InChI is InChI=1S/C10H16O4/c1-7(9(11)13-3)5-6-8(2)10(12)14-4/h5,8H,6H2,1-4H3/b7-5-. The number of carbonyl (C=O) groups excluding carboxylic acids is 2. The number of esters is 2. The molecule has 0 aromatic carbocycles. The number of methoxy groups -OCH3 is 2. The monoisotopic (exact) mass is 200 g/mol. The molecule has 0 saturated heterocycles. The lowest BCUT2D eigenvalue weighted by atomic mass is 10.1. The molecule has 0 amide bonds. The highest BCUT2D eigenvalue weighted by atomic mass is 16.5. The number of allylic oxidation sites excluding steroid dienone is 1. The second-order valence-electron chi connectivity index (χ2n) is 3.04. The fourth-order valence-corrected chi connectivity index (χ4v) is 0.895. The Morgan fingerprint density at radius 2 is 1.86 bits per heavy atom. The third-order valence-corrected chi connectivity index (χ3v) is 1.89. The van der Waals surface area contributed by atoms with Crippen molar-refractivity contribution < 1.29 is 19.1 Å². The molecule has 0 heterocycles. The maximum Gasteiger partial charge on any atom is 0.333 e. The number of rotatable bonds is 4. The second-order valence-corrected chi connectivity index (χ2v) is 3.04. The van der Waals surface area contributed by atoms with Crippen LogP contribution in [0.5, 0.6) is 0 Å². The van der Waals surface area contributed by atoms with Gasteiger partial charge in [0.1, 0.15) is 0 Å². The summed E-state index contributed by atoms with van der Waals surface area (Å²) < 4.78 is 9.05. The highest BCUT2D eigenvalue weighted by Crippen LogP contribution is 2.08. The fourth-order valence-electron chi connectivity index (χ4n) is 0.895. The van der Waals surface area contributed by atoms with E-state index in [4.69, 9.17) is 0 Å². The van der Waals surface area contributed by atoms with Crippen molar-refractivity contribution in [1.82, 2.24) is 0 Å². The Labute approximate surface area is 83.9 Å². The summed E-state index contributed by atoms with van der Waals surface area (Å²) in [5.41, 5.74) is 0.503. The highest BCUT2D eigenvalue weighted by Gasteiger charge is 2.12. The van der Waals surface area contributed by atoms with E-state index in [0.29, 0.717) is 12.0 Å². The minimum absolute atomic E-state index is 0.236. The number of carbonyl (C=O) groups is 2. The molecule has 0 aliphatic rings. The maximum atomic E-state index is 11.0. The van der Waals surface area contributed by atoms with Crippen molar-refractivity contribution in [3.8, 4) is 0 Å². The third kappa shape index (κ3) is 4.07. The summed E-state index contributed by atoms with van der Waals surface area (Å²) in [5.74, 6) is -0.888. The Balaban J connectivity index is 4.15. The average molecular weight is 200 g/mol. The summed E-state index contributed by atoms with van der Waals surface area (Å²) in [7, 11) is 2.67. The molecule has 0 aromatic heterocycles. The number of ether oxygens (including phenoxy) is 2. The van der Waals surface area contributed by atoms with Gasteiger partial charge in [-0.2, -0.15) is 0 Å². The summed E-state index contributed by atoms with van der Waals surface area (Å²) in [5, 5.41) is 0. The lowest BCUT2D eigenvalue weighted by Crippen LogP contribution is -2.12. The van der Waals surface area contributed by atoms with Crippen LogP contribution in [0.1, 0.15) is 20.3 Å². The molecule has 80 valence electrons. The van der Waals surface area contributed by atoms with Crippen molar-refractivity contribution in [1.29, 1.82) is 0 Å². The van der Waals surface area contributed by atoms with E-state index in [0.717, 1.165) is 0 Å². The van der Waals surface area contributed by atoms with Crippen LogP contribution in [0.4, 0.5) is 0 Å². The smallest absolute Gasteiger partial charge is 0.333 e. The summed E-state index contributed by atoms with van der Waals surface area (Å²) in [6, 6.07) is 0. The lowest BCUT2D eigenvalue weighted by Gasteiger charge is -2.06. The summed E-state index contributed by atoms with van der Waals surface area (Å²) in [4.78, 5) is 22.0. The second kappa shape index (κ2) is 6.18. The molecule has 4 heteroatoms. The van der Waals surface area contributed by atoms with E-state index in [9.17, 15) is 9.59 Å². The van der Waals surface area contributed by atoms with Crippen LogP contribution in [0.2, 0.25) is 0 Å². The molecule has 4 nitrogen and oxygen atoms in total. The number of hydrogen-bond donors (Lipinski definition) is 0. The largest absolute Gasteiger partial charge is 0.469 e. The van der Waals surface area contributed by atoms with Crippen molar-refractivity contribution in [3.05, 3.63) is 11.6 Å². The fraction of sp³-hybridized carbons (Fsp3) is 0.600. The van der Waals surface area contributed by atoms with E-state index in [1.54, 1.807) is 19.9 Å². The van der Waals surface area contributed by atoms with Gasteiger partial charge in [-0.15, -0.1) is 0 Å². The predicted octanol–water partition coefficient (Wildman–Crippen LogP) is 1.30. The van der Waals surface area contributed by atoms with Crippen molar-refractivity contribution in [2.45, 2.75) is 20.3 Å². The van der Waals surface area contributed by atoms with Crippen molar-refractivity contribution in [2.24, 2.45) is 5.92 Å². The predicted molar refractivity (Wildman–Crippen MR) is 51.6 cm³/mol. The van der Waals surface area contributed by atoms with Crippen LogP contribution in [0, 0.1) is 5.92 Å². The van der Waals surface area contributed by atoms with Gasteiger partial charge >= 0.3 is 11.9 Å². The third-order valence-electron chi connectivity index (χ3n) is 1.89. The first-order valence-corrected chi connectivity index (χ1v) is 4.35. The minimum atomic E-state index is -0.373. The molecule has 0 aromatic rings. The molecule has 0 radical (unpaired) electrons. The van der Waals surface area contributed by atoms with Crippen LogP contribution in [-0.4, -0.2) is 26.2 Å². The molecular weight excluding hydrogens is 184 g/mol. The Bertz CT molecular complexity index is 243. The Hall–Kier alpha value is -1.32. The van der Waals surface area contributed by atoms with Crippen LogP contribution in [0.15, 0.2) is 11.6 Å². The quantitative estimate of drug-likeness (QED) is 0.507. The van der Waals surface area contributed by atoms with Gasteiger partial charge in [-0.25, -0.2) is 4.79 Å². The van der Waals surface area contributed by atoms with E-state index in [2.05, 4.69) is 9.47 Å². The molecule has 14 heavy (non-hydrogen) atoms. The van der Waals surface area contributed by atoms with E-state index in [1.165, 1.54) is 14.2 Å². The van der Waals surface area contributed by atoms with Crippen LogP contribution < -0.4 is 0 Å². The molecule has 0 aliphatic carbocycles. The first-order chi connectivity index (χ1) is 6.52. The van der Waals surface area contributed by atoms with Gasteiger partial charge in [0.2, 0.25) is 0 Å². The zero-order valence-corrected chi connectivity index (χ0v) is 8.99. The van der Waals surface area contributed by atoms with E-state index in [1.807, 2.05) is 0 Å². The molecular formula is C10H16O4. The van der Waals surface area contributed by atoms with E-state index in [-0.39, 0.29) is 17.9 Å². The van der Waals surface area contributed by atoms with Gasteiger partial charge in [-0.1, -0.05) is 13.0 Å². The average Bonchev–Trinajstić information content (AvgIpc) is 2.22. The summed E-state index contributed by atoms with van der Waals surface area (Å²) in [6.45, 7) is 3.39. The SMILES string of the molecule is COC(=O)/C(C)=C\CC(C)C(=O)OC.